The van der Waals surface area contributed by atoms with Crippen LogP contribution in [0, 0.1) is 5.92 Å². The summed E-state index contributed by atoms with van der Waals surface area (Å²) in [5, 5.41) is 10.6. The van der Waals surface area contributed by atoms with Crippen LogP contribution in [-0.4, -0.2) is 96.7 Å². The van der Waals surface area contributed by atoms with E-state index in [1.165, 1.54) is 186 Å². The lowest BCUT2D eigenvalue weighted by molar-refractivity contribution is -0.161. The van der Waals surface area contributed by atoms with Crippen molar-refractivity contribution >= 4 is 39.5 Å². The number of rotatable bonds is 70. The van der Waals surface area contributed by atoms with Crippen LogP contribution in [0.4, 0.5) is 0 Å². The SMILES string of the molecule is CCCCCCCCCCCCCCCC(=O)OC[C@H](COP(=O)(O)OC[C@@H](O)COP(=O)(O)OC[C@@H](COC(=O)CCCCCCCCCCCC)OC(=O)CCCCCCCCCCCCCCC)OC(=O)CCCCCCCCCCCCC(C)C. The molecule has 0 heterocycles. The Kier molecular flexibility index (Phi) is 62.1. The van der Waals surface area contributed by atoms with Crippen molar-refractivity contribution in [2.45, 2.75) is 380 Å². The molecule has 19 heteroatoms. The van der Waals surface area contributed by atoms with E-state index in [9.17, 15) is 43.2 Å². The summed E-state index contributed by atoms with van der Waals surface area (Å²) >= 11 is 0. The molecule has 0 aromatic carbocycles. The van der Waals surface area contributed by atoms with E-state index >= 15 is 0 Å². The highest BCUT2D eigenvalue weighted by molar-refractivity contribution is 7.47. The van der Waals surface area contributed by atoms with E-state index in [1.807, 2.05) is 0 Å². The molecule has 3 N–H and O–H groups in total. The molecule has 89 heavy (non-hydrogen) atoms. The number of aliphatic hydroxyl groups excluding tert-OH is 1. The summed E-state index contributed by atoms with van der Waals surface area (Å²) < 4.78 is 68.3. The van der Waals surface area contributed by atoms with Gasteiger partial charge in [-0.05, 0) is 31.6 Å². The van der Waals surface area contributed by atoms with Gasteiger partial charge in [0, 0.05) is 25.7 Å². The lowest BCUT2D eigenvalue weighted by Gasteiger charge is -2.21. The van der Waals surface area contributed by atoms with Gasteiger partial charge in [0.15, 0.2) is 12.2 Å². The summed E-state index contributed by atoms with van der Waals surface area (Å²) in [5.41, 5.74) is 0. The molecule has 0 fully saturated rings. The quantitative estimate of drug-likeness (QED) is 0.0222. The monoisotopic (exact) mass is 1310 g/mol. The number of esters is 4. The van der Waals surface area contributed by atoms with Gasteiger partial charge in [0.25, 0.3) is 0 Å². The molecule has 0 saturated carbocycles. The second-order valence-electron chi connectivity index (χ2n) is 25.7. The summed E-state index contributed by atoms with van der Waals surface area (Å²) in [6.07, 6.45) is 49.7. The van der Waals surface area contributed by atoms with Crippen molar-refractivity contribution in [3.63, 3.8) is 0 Å². The number of aliphatic hydroxyl groups is 1. The van der Waals surface area contributed by atoms with Gasteiger partial charge in [-0.2, -0.15) is 0 Å². The van der Waals surface area contributed by atoms with Gasteiger partial charge in [0.1, 0.15) is 19.3 Å². The van der Waals surface area contributed by atoms with Crippen LogP contribution in [0.15, 0.2) is 0 Å². The Bertz CT molecular complexity index is 1720. The van der Waals surface area contributed by atoms with E-state index in [4.69, 9.17) is 37.0 Å². The minimum absolute atomic E-state index is 0.107. The van der Waals surface area contributed by atoms with Crippen LogP contribution in [-0.2, 0) is 65.4 Å². The summed E-state index contributed by atoms with van der Waals surface area (Å²) in [7, 11) is -9.90. The van der Waals surface area contributed by atoms with E-state index in [0.717, 1.165) is 95.8 Å². The summed E-state index contributed by atoms with van der Waals surface area (Å²) in [4.78, 5) is 72.5. The molecule has 2 unspecified atom stereocenters. The first-order chi connectivity index (χ1) is 43.0. The fourth-order valence-electron chi connectivity index (χ4n) is 10.6. The van der Waals surface area contributed by atoms with Gasteiger partial charge < -0.3 is 33.8 Å². The highest BCUT2D eigenvalue weighted by Crippen LogP contribution is 2.45. The average Bonchev–Trinajstić information content (AvgIpc) is 3.72. The molecule has 0 saturated heterocycles. The summed E-state index contributed by atoms with van der Waals surface area (Å²) in [5.74, 6) is -1.37. The van der Waals surface area contributed by atoms with Crippen LogP contribution < -0.4 is 0 Å². The Labute approximate surface area is 543 Å². The van der Waals surface area contributed by atoms with Crippen molar-refractivity contribution in [3.05, 3.63) is 0 Å². The maximum Gasteiger partial charge on any atom is 0.472 e. The van der Waals surface area contributed by atoms with E-state index in [0.29, 0.717) is 25.7 Å². The van der Waals surface area contributed by atoms with Crippen LogP contribution in [0.5, 0.6) is 0 Å². The smallest absolute Gasteiger partial charge is 0.462 e. The number of phosphoric acid groups is 2. The fourth-order valence-corrected chi connectivity index (χ4v) is 12.2. The van der Waals surface area contributed by atoms with Gasteiger partial charge >= 0.3 is 39.5 Å². The molecule has 0 rings (SSSR count). The Morgan fingerprint density at radius 3 is 0.764 bits per heavy atom. The number of ether oxygens (including phenoxy) is 4. The molecule has 0 bridgehead atoms. The normalized spacial score (nSPS) is 14.1. The number of unbranched alkanes of at least 4 members (excludes halogenated alkanes) is 42. The molecule has 5 atom stereocenters. The van der Waals surface area contributed by atoms with E-state index in [-0.39, 0.29) is 25.7 Å². The molecule has 0 aromatic heterocycles. The Balaban J connectivity index is 5.25. The maximum absolute atomic E-state index is 13.0. The van der Waals surface area contributed by atoms with E-state index in [2.05, 4.69) is 34.6 Å². The minimum Gasteiger partial charge on any atom is -0.462 e. The first-order valence-corrected chi connectivity index (χ1v) is 39.6. The van der Waals surface area contributed by atoms with Crippen molar-refractivity contribution < 1.29 is 80.2 Å². The first kappa shape index (κ1) is 87.1. The van der Waals surface area contributed by atoms with Crippen LogP contribution >= 0.6 is 15.6 Å². The molecule has 0 aliphatic heterocycles. The van der Waals surface area contributed by atoms with Crippen LogP contribution in [0.3, 0.4) is 0 Å². The molecule has 17 nitrogen and oxygen atoms in total. The molecule has 0 amide bonds. The van der Waals surface area contributed by atoms with Crippen LogP contribution in [0.1, 0.15) is 362 Å². The number of hydrogen-bond acceptors (Lipinski definition) is 15. The number of phosphoric ester groups is 2. The Morgan fingerprint density at radius 1 is 0.303 bits per heavy atom. The third kappa shape index (κ3) is 64.6. The Morgan fingerprint density at radius 2 is 0.517 bits per heavy atom. The molecule has 0 aromatic rings. The molecule has 0 radical (unpaired) electrons. The van der Waals surface area contributed by atoms with Crippen molar-refractivity contribution in [2.75, 3.05) is 39.6 Å². The van der Waals surface area contributed by atoms with Gasteiger partial charge in [-0.3, -0.25) is 37.3 Å². The molecule has 0 aliphatic carbocycles. The molecular formula is C70H136O17P2. The maximum atomic E-state index is 13.0. The van der Waals surface area contributed by atoms with E-state index in [1.54, 1.807) is 0 Å². The van der Waals surface area contributed by atoms with Crippen LogP contribution in [0.25, 0.3) is 0 Å². The van der Waals surface area contributed by atoms with Crippen molar-refractivity contribution in [1.29, 1.82) is 0 Å². The minimum atomic E-state index is -4.95. The van der Waals surface area contributed by atoms with Crippen molar-refractivity contribution in [3.8, 4) is 0 Å². The molecular weight excluding hydrogens is 1170 g/mol. The average molecular weight is 1310 g/mol. The van der Waals surface area contributed by atoms with Gasteiger partial charge in [-0.25, -0.2) is 9.13 Å². The largest absolute Gasteiger partial charge is 0.472 e. The summed E-state index contributed by atoms with van der Waals surface area (Å²) in [6, 6.07) is 0. The fraction of sp³-hybridized carbons (Fsp3) is 0.943. The third-order valence-corrected chi connectivity index (χ3v) is 18.2. The lowest BCUT2D eigenvalue weighted by Crippen LogP contribution is -2.30. The molecule has 528 valence electrons. The standard InChI is InChI=1S/C70H136O17P2/c1-6-9-12-15-18-21-24-26-28-34-39-44-49-54-68(73)81-60-66(87-70(75)56-51-46-41-36-31-30-32-37-42-47-52-63(4)5)62-85-89(78,79)83-58-64(71)57-82-88(76,77)84-61-65(59-80-67(72)53-48-43-38-33-23-20-17-14-11-8-3)86-69(74)55-50-45-40-35-29-27-25-22-19-16-13-10-7-2/h63-66,71H,6-62H2,1-5H3,(H,76,77)(H,78,79)/t64-,65+,66+/m0/s1. The second-order valence-corrected chi connectivity index (χ2v) is 28.7. The van der Waals surface area contributed by atoms with Gasteiger partial charge in [0.2, 0.25) is 0 Å². The van der Waals surface area contributed by atoms with E-state index < -0.39 is 97.5 Å². The Hall–Kier alpha value is -1.94. The van der Waals surface area contributed by atoms with Crippen molar-refractivity contribution in [1.82, 2.24) is 0 Å². The zero-order valence-corrected chi connectivity index (χ0v) is 59.4. The topological polar surface area (TPSA) is 237 Å². The zero-order chi connectivity index (χ0) is 65.6. The van der Waals surface area contributed by atoms with Crippen molar-refractivity contribution in [2.24, 2.45) is 5.92 Å². The summed E-state index contributed by atoms with van der Waals surface area (Å²) in [6.45, 7) is 7.24. The predicted molar refractivity (Wildman–Crippen MR) is 358 cm³/mol. The van der Waals surface area contributed by atoms with Crippen LogP contribution in [0.2, 0.25) is 0 Å². The van der Waals surface area contributed by atoms with Gasteiger partial charge in [0.05, 0.1) is 26.4 Å². The molecule has 0 spiro atoms. The molecule has 0 aliphatic rings. The number of carbonyl (C=O) groups excluding carboxylic acids is 4. The third-order valence-electron chi connectivity index (χ3n) is 16.3. The first-order valence-electron chi connectivity index (χ1n) is 36.6. The van der Waals surface area contributed by atoms with Gasteiger partial charge in [-0.1, -0.05) is 311 Å². The van der Waals surface area contributed by atoms with Gasteiger partial charge in [-0.15, -0.1) is 0 Å². The second kappa shape index (κ2) is 63.5. The zero-order valence-electron chi connectivity index (χ0n) is 57.6. The lowest BCUT2D eigenvalue weighted by atomic mass is 10.0. The highest BCUT2D eigenvalue weighted by Gasteiger charge is 2.30. The highest BCUT2D eigenvalue weighted by atomic mass is 31.2. The predicted octanol–water partition coefficient (Wildman–Crippen LogP) is 20.1. The number of carbonyl (C=O) groups is 4. The number of hydrogen-bond donors (Lipinski definition) is 3.